The van der Waals surface area contributed by atoms with Crippen LogP contribution in [-0.4, -0.2) is 76.3 Å². The average molecular weight is 751 g/mol. The molecule has 0 bridgehead atoms. The molecule has 49 heavy (non-hydrogen) atoms. The minimum Gasteiger partial charge on any atom is -0.547 e. The first kappa shape index (κ1) is 39.8. The number of aliphatic hydroxyl groups excluding tert-OH is 3. The zero-order chi connectivity index (χ0) is 34.9. The molecule has 0 saturated carbocycles. The van der Waals surface area contributed by atoms with Gasteiger partial charge in [0.2, 0.25) is 0 Å². The van der Waals surface area contributed by atoms with E-state index in [4.69, 9.17) is 55.9 Å². The number of aliphatic carboxylic acids is 1. The monoisotopic (exact) mass is 749 g/mol. The fourth-order valence-corrected chi connectivity index (χ4v) is 6.87. The van der Waals surface area contributed by atoms with Gasteiger partial charge in [-0.25, -0.2) is 9.13 Å². The van der Waals surface area contributed by atoms with Gasteiger partial charge in [0.05, 0.1) is 57.1 Å². The Bertz CT molecular complexity index is 1700. The molecule has 2 aliphatic heterocycles. The molecule has 0 aliphatic carbocycles. The quantitative estimate of drug-likeness (QED) is 0.142. The van der Waals surface area contributed by atoms with E-state index in [1.165, 1.54) is 0 Å². The molecule has 3 aromatic rings. The molecule has 3 heterocycles. The van der Waals surface area contributed by atoms with E-state index in [1.807, 2.05) is 42.5 Å². The number of fused-ring (bicyclic) bond motifs is 2. The van der Waals surface area contributed by atoms with Crippen molar-refractivity contribution in [1.82, 2.24) is 4.57 Å². The van der Waals surface area contributed by atoms with Crippen molar-refractivity contribution in [1.29, 1.82) is 0 Å². The number of carbonyl (C=O) groups excluding carboxylic acids is 1. The van der Waals surface area contributed by atoms with Crippen molar-refractivity contribution in [2.45, 2.75) is 77.4 Å². The molecule has 16 heteroatoms. The van der Waals surface area contributed by atoms with Gasteiger partial charge in [-0.2, -0.15) is 0 Å². The Morgan fingerprint density at radius 3 is 2.10 bits per heavy atom. The molecule has 11 nitrogen and oxygen atoms in total. The Morgan fingerprint density at radius 2 is 1.53 bits per heavy atom. The van der Waals surface area contributed by atoms with Crippen LogP contribution in [0.2, 0.25) is 20.1 Å². The molecule has 3 N–H and O–H groups in total. The van der Waals surface area contributed by atoms with Gasteiger partial charge >= 0.3 is 18.9 Å². The molecule has 0 radical (unpaired) electrons. The molecule has 0 spiro atoms. The molecule has 260 valence electrons. The van der Waals surface area contributed by atoms with E-state index in [0.29, 0.717) is 52.7 Å². The summed E-state index contributed by atoms with van der Waals surface area (Å²) in [5.74, 6) is 0.127. The SMILES string of the molecule is CCC[n+]1c(C=CC=C2N(CC)c3cc(Cl)c(Cl)cc3N2CC)n(CCCO[C@@H]2OC(C(=O)[O-])[C@@H](O)[C@@H](O)C2O)c2cc(Cl)c(Cl)cc21.[Li+]. The van der Waals surface area contributed by atoms with Gasteiger partial charge in [0.1, 0.15) is 30.2 Å². The third-order valence-corrected chi connectivity index (χ3v) is 9.93. The maximum atomic E-state index is 11.4. The van der Waals surface area contributed by atoms with Crippen LogP contribution >= 0.6 is 46.4 Å². The second-order valence-electron chi connectivity index (χ2n) is 11.5. The number of carboxylic acids is 1. The molecule has 1 aromatic heterocycles. The second-order valence-corrected chi connectivity index (χ2v) is 13.1. The molecule has 2 aliphatic rings. The van der Waals surface area contributed by atoms with Crippen LogP contribution in [-0.2, 0) is 27.4 Å². The molecule has 2 aromatic carbocycles. The van der Waals surface area contributed by atoms with Gasteiger partial charge in [-0.1, -0.05) is 59.4 Å². The van der Waals surface area contributed by atoms with Gasteiger partial charge < -0.3 is 44.5 Å². The van der Waals surface area contributed by atoms with E-state index in [1.54, 1.807) is 0 Å². The van der Waals surface area contributed by atoms with E-state index in [2.05, 4.69) is 39.7 Å². The molecular weight excluding hydrogens is 713 g/mol. The van der Waals surface area contributed by atoms with Gasteiger partial charge in [-0.3, -0.25) is 0 Å². The number of hydrogen-bond donors (Lipinski definition) is 3. The number of carbonyl (C=O) groups is 1. The summed E-state index contributed by atoms with van der Waals surface area (Å²) >= 11 is 25.7. The predicted octanol–water partition coefficient (Wildman–Crippen LogP) is 1.14. The molecule has 0 amide bonds. The minimum absolute atomic E-state index is 0. The topological polar surface area (TPSA) is 135 Å². The first-order chi connectivity index (χ1) is 22.9. The number of aliphatic hydroxyl groups is 3. The van der Waals surface area contributed by atoms with Crippen molar-refractivity contribution in [2.24, 2.45) is 0 Å². The van der Waals surface area contributed by atoms with Crippen molar-refractivity contribution >= 4 is 80.9 Å². The summed E-state index contributed by atoms with van der Waals surface area (Å²) in [4.78, 5) is 15.7. The number of anilines is 2. The van der Waals surface area contributed by atoms with Crippen LogP contribution in [0, 0.1) is 0 Å². The maximum absolute atomic E-state index is 11.4. The zero-order valence-electron chi connectivity index (χ0n) is 27.7. The minimum atomic E-state index is -1.85. The van der Waals surface area contributed by atoms with Crippen LogP contribution in [0.4, 0.5) is 11.4 Å². The van der Waals surface area contributed by atoms with Crippen LogP contribution < -0.4 is 38.3 Å². The number of aryl methyl sites for hydroxylation is 2. The summed E-state index contributed by atoms with van der Waals surface area (Å²) in [5, 5.41) is 43.6. The molecule has 5 atom stereocenters. The van der Waals surface area contributed by atoms with E-state index < -0.39 is 36.7 Å². The number of benzene rings is 2. The average Bonchev–Trinajstić information content (AvgIpc) is 3.49. The van der Waals surface area contributed by atoms with Crippen molar-refractivity contribution in [3.05, 3.63) is 68.2 Å². The summed E-state index contributed by atoms with van der Waals surface area (Å²) in [5.41, 5.74) is 3.70. The van der Waals surface area contributed by atoms with Gasteiger partial charge in [0.15, 0.2) is 17.3 Å². The summed E-state index contributed by atoms with van der Waals surface area (Å²) in [7, 11) is 0. The first-order valence-electron chi connectivity index (χ1n) is 15.8. The van der Waals surface area contributed by atoms with E-state index in [-0.39, 0.29) is 25.5 Å². The Kier molecular flexibility index (Phi) is 13.8. The fourth-order valence-electron chi connectivity index (χ4n) is 6.24. The Morgan fingerprint density at radius 1 is 0.939 bits per heavy atom. The number of hydrogen-bond acceptors (Lipinski definition) is 9. The van der Waals surface area contributed by atoms with Crippen LogP contribution in [0.3, 0.4) is 0 Å². The van der Waals surface area contributed by atoms with Crippen molar-refractivity contribution < 1.29 is 58.1 Å². The van der Waals surface area contributed by atoms with E-state index >= 15 is 0 Å². The smallest absolute Gasteiger partial charge is 0.547 e. The summed E-state index contributed by atoms with van der Waals surface area (Å²) in [6, 6.07) is 7.43. The van der Waals surface area contributed by atoms with Crippen LogP contribution in [0.15, 0.2) is 42.2 Å². The number of rotatable bonds is 12. The largest absolute Gasteiger partial charge is 1.00 e. The van der Waals surface area contributed by atoms with Crippen LogP contribution in [0.1, 0.15) is 39.4 Å². The van der Waals surface area contributed by atoms with Crippen molar-refractivity contribution in [2.75, 3.05) is 29.5 Å². The zero-order valence-corrected chi connectivity index (χ0v) is 30.7. The molecular formula is C33H38Cl4LiN4O7+. The number of aromatic nitrogens is 2. The fraction of sp³-hybridized carbons (Fsp3) is 0.455. The number of imidazole rings is 1. The van der Waals surface area contributed by atoms with E-state index in [0.717, 1.165) is 40.5 Å². The van der Waals surface area contributed by atoms with Gasteiger partial charge in [-0.05, 0) is 38.5 Å². The molecule has 1 fully saturated rings. The molecule has 1 saturated heterocycles. The Labute approximate surface area is 317 Å². The number of allylic oxidation sites excluding steroid dienone is 2. The van der Waals surface area contributed by atoms with Gasteiger partial charge in [0.25, 0.3) is 5.82 Å². The van der Waals surface area contributed by atoms with Gasteiger partial charge in [0, 0.05) is 37.7 Å². The number of carboxylic acid groups (broad SMARTS) is 1. The number of nitrogens with zero attached hydrogens (tertiary/aromatic N) is 4. The Balaban J connectivity index is 0.00000541. The molecule has 5 rings (SSSR count). The normalized spacial score (nSPS) is 22.2. The van der Waals surface area contributed by atoms with Crippen molar-refractivity contribution in [3.63, 3.8) is 0 Å². The molecule has 2 unspecified atom stereocenters. The van der Waals surface area contributed by atoms with E-state index in [9.17, 15) is 25.2 Å². The Hall–Kier alpha value is -1.98. The van der Waals surface area contributed by atoms with Gasteiger partial charge in [-0.15, -0.1) is 0 Å². The van der Waals surface area contributed by atoms with Crippen molar-refractivity contribution in [3.8, 4) is 0 Å². The summed E-state index contributed by atoms with van der Waals surface area (Å²) in [6.07, 6.45) is -1.28. The summed E-state index contributed by atoms with van der Waals surface area (Å²) < 4.78 is 15.1. The number of ether oxygens (including phenoxy) is 2. The van der Waals surface area contributed by atoms with Crippen LogP contribution in [0.25, 0.3) is 17.1 Å². The number of halogens is 4. The summed E-state index contributed by atoms with van der Waals surface area (Å²) in [6.45, 7) is 8.83. The standard InChI is InChI=1S/C33H38Cl4N4O7.Li/c1-4-11-40-24-16-20(36)21(37)17-25(24)41(12-8-13-47-33-30(44)28(42)29(43)31(48-33)32(45)46)27(40)10-7-9-26-38(5-2)22-14-18(34)19(35)15-23(22)39(26)6-3;/h7,9-10,14-17,28-31,33,42-44H,4-6,8,11-13H2,1-3H3;/q;+1/t28-,29+,30?,31?,33-;/m1./s1. The first-order valence-corrected chi connectivity index (χ1v) is 17.3. The third-order valence-electron chi connectivity index (χ3n) is 8.48. The maximum Gasteiger partial charge on any atom is 1.00 e. The third kappa shape index (κ3) is 7.93. The predicted molar refractivity (Wildman–Crippen MR) is 184 cm³/mol. The van der Waals surface area contributed by atoms with Crippen LogP contribution in [0.5, 0.6) is 0 Å². The second kappa shape index (κ2) is 17.0.